The lowest BCUT2D eigenvalue weighted by Gasteiger charge is -2.50. The van der Waals surface area contributed by atoms with Gasteiger partial charge >= 0.3 is 0 Å². The van der Waals surface area contributed by atoms with Crippen LogP contribution < -0.4 is 5.19 Å². The van der Waals surface area contributed by atoms with Crippen LogP contribution in [0.4, 0.5) is 0 Å². The van der Waals surface area contributed by atoms with Crippen LogP contribution in [0.25, 0.3) is 0 Å². The van der Waals surface area contributed by atoms with E-state index in [4.69, 9.17) is 4.12 Å². The lowest BCUT2D eigenvalue weighted by Crippen LogP contribution is -2.63. The minimum Gasteiger partial charge on any atom is -0.454 e. The second kappa shape index (κ2) is 5.52. The molecule has 0 bridgehead atoms. The van der Waals surface area contributed by atoms with Gasteiger partial charge in [-0.05, 0) is 38.7 Å². The summed E-state index contributed by atoms with van der Waals surface area (Å²) in [5.41, 5.74) is -0.771. The second-order valence-corrected chi connectivity index (χ2v) is 13.7. The van der Waals surface area contributed by atoms with Gasteiger partial charge in [-0.2, -0.15) is 0 Å². The quantitative estimate of drug-likeness (QED) is 0.846. The highest BCUT2D eigenvalue weighted by molar-refractivity contribution is 6.92. The molecule has 0 spiro atoms. The molecule has 0 aliphatic carbocycles. The molecule has 0 radical (unpaired) electrons. The zero-order chi connectivity index (χ0) is 14.9. The summed E-state index contributed by atoms with van der Waals surface area (Å²) in [6.07, 6.45) is 0. The smallest absolute Gasteiger partial charge is 0.217 e. The Morgan fingerprint density at radius 1 is 1.05 bits per heavy atom. The van der Waals surface area contributed by atoms with Gasteiger partial charge in [-0.1, -0.05) is 44.2 Å². The molecule has 1 aromatic carbocycles. The van der Waals surface area contributed by atoms with E-state index in [-0.39, 0.29) is 5.04 Å². The maximum Gasteiger partial charge on any atom is 0.217 e. The van der Waals surface area contributed by atoms with Crippen LogP contribution in [0.3, 0.4) is 0 Å². The molecule has 0 aromatic heterocycles. The Balaban J connectivity index is 3.37. The topological polar surface area (TPSA) is 29.5 Å². The van der Waals surface area contributed by atoms with Gasteiger partial charge in [0.25, 0.3) is 0 Å². The molecule has 0 saturated carbocycles. The van der Waals surface area contributed by atoms with E-state index in [1.54, 1.807) is 0 Å². The Morgan fingerprint density at radius 2 is 1.53 bits per heavy atom. The molecular formula is C15H28O2Si2. The fraction of sp³-hybridized carbons (Fsp3) is 0.600. The molecule has 1 rings (SSSR count). The van der Waals surface area contributed by atoms with Crippen molar-refractivity contribution < 1.29 is 9.22 Å². The first-order chi connectivity index (χ1) is 8.52. The Hall–Kier alpha value is -0.426. The summed E-state index contributed by atoms with van der Waals surface area (Å²) in [7, 11) is -3.43. The molecule has 0 amide bonds. The highest BCUT2D eigenvalue weighted by atomic mass is 28.4. The van der Waals surface area contributed by atoms with Gasteiger partial charge in [-0.15, -0.1) is 0 Å². The van der Waals surface area contributed by atoms with Crippen LogP contribution in [0.5, 0.6) is 0 Å². The van der Waals surface area contributed by atoms with E-state index in [1.165, 1.54) is 5.19 Å². The maximum absolute atomic E-state index is 10.6. The van der Waals surface area contributed by atoms with Gasteiger partial charge in [-0.3, -0.25) is 0 Å². The fourth-order valence-corrected chi connectivity index (χ4v) is 10.6. The number of aliphatic hydroxyl groups is 1. The third-order valence-electron chi connectivity index (χ3n) is 4.52. The van der Waals surface area contributed by atoms with E-state index >= 15 is 0 Å². The first-order valence-corrected chi connectivity index (χ1v) is 12.2. The van der Waals surface area contributed by atoms with Gasteiger partial charge in [0.15, 0.2) is 9.04 Å². The van der Waals surface area contributed by atoms with E-state index in [0.29, 0.717) is 0 Å². The molecule has 1 N–H and O–H groups in total. The van der Waals surface area contributed by atoms with Crippen LogP contribution >= 0.6 is 0 Å². The molecule has 0 aliphatic rings. The van der Waals surface area contributed by atoms with Crippen LogP contribution in [0.1, 0.15) is 27.7 Å². The molecule has 0 fully saturated rings. The summed E-state index contributed by atoms with van der Waals surface area (Å²) in [6.45, 7) is 14.7. The second-order valence-electron chi connectivity index (χ2n) is 6.75. The van der Waals surface area contributed by atoms with Gasteiger partial charge in [-0.25, -0.2) is 0 Å². The Bertz CT molecular complexity index is 410. The molecule has 108 valence electrons. The van der Waals surface area contributed by atoms with Gasteiger partial charge < -0.3 is 9.22 Å². The highest BCUT2D eigenvalue weighted by Crippen LogP contribution is 2.47. The first kappa shape index (κ1) is 16.6. The molecule has 0 heterocycles. The molecule has 0 saturated heterocycles. The van der Waals surface area contributed by atoms with E-state index in [1.807, 2.05) is 19.9 Å². The van der Waals surface area contributed by atoms with Crippen molar-refractivity contribution in [1.29, 1.82) is 0 Å². The lowest BCUT2D eigenvalue weighted by molar-refractivity contribution is 0.0332. The zero-order valence-corrected chi connectivity index (χ0v) is 15.5. The van der Waals surface area contributed by atoms with Crippen molar-refractivity contribution in [2.45, 2.75) is 58.0 Å². The van der Waals surface area contributed by atoms with Crippen molar-refractivity contribution in [2.75, 3.05) is 0 Å². The number of hydrogen-bond donors (Lipinski definition) is 1. The molecular weight excluding hydrogens is 268 g/mol. The van der Waals surface area contributed by atoms with E-state index in [9.17, 15) is 5.11 Å². The minimum absolute atomic E-state index is 0.265. The summed E-state index contributed by atoms with van der Waals surface area (Å²) in [6, 6.07) is 10.5. The van der Waals surface area contributed by atoms with Crippen molar-refractivity contribution in [1.82, 2.24) is 0 Å². The Morgan fingerprint density at radius 3 is 1.89 bits per heavy atom. The van der Waals surface area contributed by atoms with Gasteiger partial charge in [0.1, 0.15) is 0 Å². The summed E-state index contributed by atoms with van der Waals surface area (Å²) < 4.78 is 6.53. The molecule has 2 nitrogen and oxygen atoms in total. The predicted octanol–water partition coefficient (Wildman–Crippen LogP) is 3.02. The number of rotatable bonds is 5. The summed E-state index contributed by atoms with van der Waals surface area (Å²) in [4.78, 5) is 0. The number of benzene rings is 1. The molecule has 1 atom stereocenters. The summed E-state index contributed by atoms with van der Waals surface area (Å²) in [5.74, 6) is 0. The van der Waals surface area contributed by atoms with Crippen molar-refractivity contribution in [3.63, 3.8) is 0 Å². The molecule has 0 aliphatic heterocycles. The minimum atomic E-state index is -2.24. The lowest BCUT2D eigenvalue weighted by atomic mass is 9.94. The van der Waals surface area contributed by atoms with Crippen LogP contribution in [0, 0.1) is 0 Å². The van der Waals surface area contributed by atoms with Gasteiger partial charge in [0.2, 0.25) is 8.32 Å². The SMILES string of the molecule is C[SiH](C)O[Si](C)(c1ccccc1)C(C)(C)C(C)(C)O. The van der Waals surface area contributed by atoms with Crippen LogP contribution in [0.2, 0.25) is 24.7 Å². The molecule has 19 heavy (non-hydrogen) atoms. The average Bonchev–Trinajstić information content (AvgIpc) is 2.27. The van der Waals surface area contributed by atoms with Crippen molar-refractivity contribution >= 4 is 22.5 Å². The van der Waals surface area contributed by atoms with Gasteiger partial charge in [0.05, 0.1) is 5.60 Å². The van der Waals surface area contributed by atoms with E-state index in [2.05, 4.69) is 57.8 Å². The van der Waals surface area contributed by atoms with Crippen LogP contribution in [-0.4, -0.2) is 28.1 Å². The van der Waals surface area contributed by atoms with Crippen LogP contribution in [0.15, 0.2) is 30.3 Å². The molecule has 1 aromatic rings. The number of hydrogen-bond acceptors (Lipinski definition) is 2. The summed E-state index contributed by atoms with van der Waals surface area (Å²) in [5, 5.41) is 11.6. The Kier molecular flexibility index (Phi) is 4.83. The van der Waals surface area contributed by atoms with E-state index < -0.39 is 23.0 Å². The monoisotopic (exact) mass is 296 g/mol. The Labute approximate surface area is 120 Å². The third kappa shape index (κ3) is 3.19. The van der Waals surface area contributed by atoms with Crippen LogP contribution in [-0.2, 0) is 4.12 Å². The maximum atomic E-state index is 10.6. The largest absolute Gasteiger partial charge is 0.454 e. The zero-order valence-electron chi connectivity index (χ0n) is 13.3. The predicted molar refractivity (Wildman–Crippen MR) is 88.0 cm³/mol. The standard InChI is InChI=1S/C15H28O2Si2/c1-14(2,16)15(3,4)19(7,17-18(5)6)13-11-9-8-10-12-13/h8-12,16,18H,1-7H3. The van der Waals surface area contributed by atoms with Crippen molar-refractivity contribution in [3.05, 3.63) is 30.3 Å². The highest BCUT2D eigenvalue weighted by Gasteiger charge is 2.54. The summed E-state index contributed by atoms with van der Waals surface area (Å²) >= 11 is 0. The first-order valence-electron chi connectivity index (χ1n) is 6.98. The average molecular weight is 297 g/mol. The van der Waals surface area contributed by atoms with E-state index in [0.717, 1.165) is 0 Å². The van der Waals surface area contributed by atoms with Gasteiger partial charge in [0, 0.05) is 5.04 Å². The fourth-order valence-electron chi connectivity index (χ4n) is 2.39. The molecule has 4 heteroatoms. The van der Waals surface area contributed by atoms with Crippen molar-refractivity contribution in [3.8, 4) is 0 Å². The van der Waals surface area contributed by atoms with Crippen molar-refractivity contribution in [2.24, 2.45) is 0 Å². The molecule has 1 unspecified atom stereocenters. The third-order valence-corrected chi connectivity index (χ3v) is 12.7. The normalized spacial score (nSPS) is 16.5.